The molecule has 0 bridgehead atoms. The highest BCUT2D eigenvalue weighted by Gasteiger charge is 2.20. The van der Waals surface area contributed by atoms with Gasteiger partial charge in [0.05, 0.1) is 6.10 Å². The van der Waals surface area contributed by atoms with Crippen LogP contribution in [0.25, 0.3) is 0 Å². The molecular formula is C15H26N2OS. The highest BCUT2D eigenvalue weighted by molar-refractivity contribution is 7.12. The highest BCUT2D eigenvalue weighted by Crippen LogP contribution is 2.24. The van der Waals surface area contributed by atoms with Crippen molar-refractivity contribution < 1.29 is 4.74 Å². The van der Waals surface area contributed by atoms with Gasteiger partial charge in [-0.2, -0.15) is 0 Å². The van der Waals surface area contributed by atoms with E-state index >= 15 is 0 Å². The molecule has 1 fully saturated rings. The van der Waals surface area contributed by atoms with E-state index in [0.717, 1.165) is 26.2 Å². The third-order valence-electron chi connectivity index (χ3n) is 3.81. The number of nitrogens with one attached hydrogen (secondary N) is 1. The maximum atomic E-state index is 5.50. The molecular weight excluding hydrogens is 256 g/mol. The lowest BCUT2D eigenvalue weighted by Crippen LogP contribution is -2.38. The SMILES string of the molecule is CCNCc1cc(CN2CCCC(OC)C2)c(C)s1. The summed E-state index contributed by atoms with van der Waals surface area (Å²) in [7, 11) is 1.83. The summed E-state index contributed by atoms with van der Waals surface area (Å²) in [5.74, 6) is 0. The lowest BCUT2D eigenvalue weighted by molar-refractivity contribution is 0.0285. The van der Waals surface area contributed by atoms with Gasteiger partial charge in [0.1, 0.15) is 0 Å². The van der Waals surface area contributed by atoms with Gasteiger partial charge in [-0.1, -0.05) is 6.92 Å². The number of aryl methyl sites for hydroxylation is 1. The third-order valence-corrected chi connectivity index (χ3v) is 4.90. The van der Waals surface area contributed by atoms with E-state index in [9.17, 15) is 0 Å². The number of methoxy groups -OCH3 is 1. The van der Waals surface area contributed by atoms with Crippen LogP contribution in [-0.4, -0.2) is 37.7 Å². The molecule has 1 aromatic heterocycles. The first-order valence-electron chi connectivity index (χ1n) is 7.27. The number of nitrogens with zero attached hydrogens (tertiary/aromatic N) is 1. The van der Waals surface area contributed by atoms with Crippen LogP contribution in [-0.2, 0) is 17.8 Å². The van der Waals surface area contributed by atoms with Crippen molar-refractivity contribution in [2.24, 2.45) is 0 Å². The van der Waals surface area contributed by atoms with E-state index in [0.29, 0.717) is 6.10 Å². The van der Waals surface area contributed by atoms with E-state index in [4.69, 9.17) is 4.74 Å². The van der Waals surface area contributed by atoms with Crippen LogP contribution in [0.3, 0.4) is 0 Å². The minimum atomic E-state index is 0.425. The van der Waals surface area contributed by atoms with Gasteiger partial charge < -0.3 is 10.1 Å². The Morgan fingerprint density at radius 1 is 1.53 bits per heavy atom. The van der Waals surface area contributed by atoms with E-state index in [1.807, 2.05) is 18.4 Å². The van der Waals surface area contributed by atoms with Crippen molar-refractivity contribution >= 4 is 11.3 Å². The molecule has 19 heavy (non-hydrogen) atoms. The number of ether oxygens (including phenoxy) is 1. The second kappa shape index (κ2) is 7.39. The van der Waals surface area contributed by atoms with E-state index in [1.54, 1.807) is 0 Å². The molecule has 0 aromatic carbocycles. The fourth-order valence-corrected chi connectivity index (χ4v) is 3.69. The Morgan fingerprint density at radius 2 is 2.37 bits per heavy atom. The van der Waals surface area contributed by atoms with Crippen molar-refractivity contribution in [3.63, 3.8) is 0 Å². The molecule has 0 radical (unpaired) electrons. The van der Waals surface area contributed by atoms with Crippen molar-refractivity contribution in [2.45, 2.75) is 45.9 Å². The van der Waals surface area contributed by atoms with E-state index in [1.165, 1.54) is 34.7 Å². The molecule has 0 amide bonds. The molecule has 0 saturated carbocycles. The number of hydrogen-bond acceptors (Lipinski definition) is 4. The van der Waals surface area contributed by atoms with Gasteiger partial charge in [0.2, 0.25) is 0 Å². The predicted molar refractivity (Wildman–Crippen MR) is 81.7 cm³/mol. The minimum absolute atomic E-state index is 0.425. The van der Waals surface area contributed by atoms with E-state index in [-0.39, 0.29) is 0 Å². The Hall–Kier alpha value is -0.420. The number of likely N-dealkylation sites (tertiary alicyclic amines) is 1. The molecule has 1 atom stereocenters. The first kappa shape index (κ1) is 15.0. The molecule has 1 unspecified atom stereocenters. The van der Waals surface area contributed by atoms with Gasteiger partial charge in [0.25, 0.3) is 0 Å². The lowest BCUT2D eigenvalue weighted by atomic mass is 10.1. The Bertz CT molecular complexity index is 391. The summed E-state index contributed by atoms with van der Waals surface area (Å²) < 4.78 is 5.50. The van der Waals surface area contributed by atoms with Gasteiger partial charge in [-0.15, -0.1) is 11.3 Å². The Morgan fingerprint density at radius 3 is 3.11 bits per heavy atom. The summed E-state index contributed by atoms with van der Waals surface area (Å²) in [6.07, 6.45) is 2.89. The summed E-state index contributed by atoms with van der Waals surface area (Å²) >= 11 is 1.93. The van der Waals surface area contributed by atoms with Crippen LogP contribution >= 0.6 is 11.3 Å². The number of thiophene rings is 1. The van der Waals surface area contributed by atoms with Gasteiger partial charge in [0.15, 0.2) is 0 Å². The molecule has 1 aromatic rings. The van der Waals surface area contributed by atoms with Crippen LogP contribution < -0.4 is 5.32 Å². The number of hydrogen-bond donors (Lipinski definition) is 1. The molecule has 2 heterocycles. The monoisotopic (exact) mass is 282 g/mol. The van der Waals surface area contributed by atoms with Gasteiger partial charge >= 0.3 is 0 Å². The number of rotatable bonds is 6. The molecule has 4 heteroatoms. The smallest absolute Gasteiger partial charge is 0.0698 e. The Balaban J connectivity index is 1.92. The Kier molecular flexibility index (Phi) is 5.82. The minimum Gasteiger partial charge on any atom is -0.380 e. The molecule has 1 saturated heterocycles. The quantitative estimate of drug-likeness (QED) is 0.868. The fourth-order valence-electron chi connectivity index (χ4n) is 2.67. The summed E-state index contributed by atoms with van der Waals surface area (Å²) in [4.78, 5) is 5.45. The summed E-state index contributed by atoms with van der Waals surface area (Å²) in [6, 6.07) is 2.37. The van der Waals surface area contributed by atoms with Crippen LogP contribution in [0.1, 0.15) is 35.1 Å². The summed E-state index contributed by atoms with van der Waals surface area (Å²) in [5.41, 5.74) is 1.50. The van der Waals surface area contributed by atoms with Crippen molar-refractivity contribution in [2.75, 3.05) is 26.7 Å². The van der Waals surface area contributed by atoms with E-state index in [2.05, 4.69) is 30.1 Å². The normalized spacial score (nSPS) is 20.9. The lowest BCUT2D eigenvalue weighted by Gasteiger charge is -2.31. The van der Waals surface area contributed by atoms with Crippen molar-refractivity contribution in [1.82, 2.24) is 10.2 Å². The molecule has 2 rings (SSSR count). The first-order chi connectivity index (χ1) is 9.22. The molecule has 0 spiro atoms. The average Bonchev–Trinajstić information content (AvgIpc) is 2.77. The molecule has 108 valence electrons. The topological polar surface area (TPSA) is 24.5 Å². The second-order valence-electron chi connectivity index (χ2n) is 5.31. The molecule has 3 nitrogen and oxygen atoms in total. The number of piperidine rings is 1. The zero-order valence-electron chi connectivity index (χ0n) is 12.4. The van der Waals surface area contributed by atoms with E-state index < -0.39 is 0 Å². The predicted octanol–water partition coefficient (Wildman–Crippen LogP) is 2.78. The van der Waals surface area contributed by atoms with Crippen LogP contribution in [0.15, 0.2) is 6.07 Å². The van der Waals surface area contributed by atoms with Crippen LogP contribution in [0.5, 0.6) is 0 Å². The maximum absolute atomic E-state index is 5.50. The largest absolute Gasteiger partial charge is 0.380 e. The van der Waals surface area contributed by atoms with Gasteiger partial charge in [-0.25, -0.2) is 0 Å². The summed E-state index contributed by atoms with van der Waals surface area (Å²) in [5, 5.41) is 3.40. The molecule has 1 aliphatic rings. The Labute approximate surface area is 121 Å². The maximum Gasteiger partial charge on any atom is 0.0698 e. The van der Waals surface area contributed by atoms with Crippen molar-refractivity contribution in [3.05, 3.63) is 21.4 Å². The van der Waals surface area contributed by atoms with Gasteiger partial charge in [-0.05, 0) is 44.5 Å². The van der Waals surface area contributed by atoms with Gasteiger partial charge in [0, 0.05) is 36.5 Å². The second-order valence-corrected chi connectivity index (χ2v) is 6.65. The van der Waals surface area contributed by atoms with Crippen LogP contribution in [0, 0.1) is 6.92 Å². The molecule has 0 aliphatic carbocycles. The molecule has 1 aliphatic heterocycles. The standard InChI is InChI=1S/C15H26N2OS/c1-4-16-9-15-8-13(12(2)19-15)10-17-7-5-6-14(11-17)18-3/h8,14,16H,4-7,9-11H2,1-3H3. The average molecular weight is 282 g/mol. The zero-order valence-corrected chi connectivity index (χ0v) is 13.2. The fraction of sp³-hybridized carbons (Fsp3) is 0.733. The molecule has 1 N–H and O–H groups in total. The zero-order chi connectivity index (χ0) is 13.7. The third kappa shape index (κ3) is 4.28. The summed E-state index contributed by atoms with van der Waals surface area (Å²) in [6.45, 7) is 9.80. The highest BCUT2D eigenvalue weighted by atomic mass is 32.1. The van der Waals surface area contributed by atoms with Crippen molar-refractivity contribution in [1.29, 1.82) is 0 Å². The van der Waals surface area contributed by atoms with Crippen LogP contribution in [0.4, 0.5) is 0 Å². The van der Waals surface area contributed by atoms with Crippen LogP contribution in [0.2, 0.25) is 0 Å². The first-order valence-corrected chi connectivity index (χ1v) is 8.08. The van der Waals surface area contributed by atoms with Gasteiger partial charge in [-0.3, -0.25) is 4.90 Å². The van der Waals surface area contributed by atoms with Crippen molar-refractivity contribution in [3.8, 4) is 0 Å².